The van der Waals surface area contributed by atoms with E-state index in [0.717, 1.165) is 30.8 Å². The van der Waals surface area contributed by atoms with E-state index in [9.17, 15) is 4.39 Å². The Hall–Kier alpha value is -1.09. The lowest BCUT2D eigenvalue weighted by molar-refractivity contribution is 0.233. The maximum Gasteiger partial charge on any atom is 0.146 e. The van der Waals surface area contributed by atoms with Gasteiger partial charge in [0, 0.05) is 25.2 Å². The van der Waals surface area contributed by atoms with E-state index in [4.69, 9.17) is 0 Å². The van der Waals surface area contributed by atoms with E-state index < -0.39 is 0 Å². The van der Waals surface area contributed by atoms with Crippen LogP contribution < -0.4 is 10.2 Å². The summed E-state index contributed by atoms with van der Waals surface area (Å²) in [7, 11) is 0. The van der Waals surface area contributed by atoms with Crippen molar-refractivity contribution in [2.24, 2.45) is 5.41 Å². The van der Waals surface area contributed by atoms with Crippen LogP contribution in [0.5, 0.6) is 0 Å². The Bertz CT molecular complexity index is 444. The van der Waals surface area contributed by atoms with Crippen LogP contribution in [-0.4, -0.2) is 25.2 Å². The molecule has 0 aliphatic carbocycles. The van der Waals surface area contributed by atoms with Gasteiger partial charge in [0.2, 0.25) is 0 Å². The Balaban J connectivity index is 2.35. The van der Waals surface area contributed by atoms with E-state index in [1.807, 2.05) is 13.0 Å². The van der Waals surface area contributed by atoms with Gasteiger partial charge in [0.05, 0.1) is 5.69 Å². The van der Waals surface area contributed by atoms with Gasteiger partial charge < -0.3 is 10.2 Å². The molecule has 0 radical (unpaired) electrons. The molecule has 1 aromatic rings. The summed E-state index contributed by atoms with van der Waals surface area (Å²) in [6.45, 7) is 12.7. The molecule has 2 rings (SSSR count). The van der Waals surface area contributed by atoms with Crippen molar-refractivity contribution in [1.29, 1.82) is 0 Å². The van der Waals surface area contributed by atoms with Crippen molar-refractivity contribution < 1.29 is 4.39 Å². The summed E-state index contributed by atoms with van der Waals surface area (Å²) in [5.41, 5.74) is 1.99. The van der Waals surface area contributed by atoms with Crippen molar-refractivity contribution in [2.45, 2.75) is 53.1 Å². The fourth-order valence-electron chi connectivity index (χ4n) is 3.00. The second-order valence-corrected chi connectivity index (χ2v) is 6.95. The number of anilines is 1. The van der Waals surface area contributed by atoms with E-state index in [1.54, 1.807) is 12.1 Å². The fourth-order valence-corrected chi connectivity index (χ4v) is 3.00. The minimum Gasteiger partial charge on any atom is -0.363 e. The zero-order chi connectivity index (χ0) is 14.9. The van der Waals surface area contributed by atoms with E-state index >= 15 is 0 Å². The maximum absolute atomic E-state index is 14.3. The number of halogens is 1. The Morgan fingerprint density at radius 1 is 1.35 bits per heavy atom. The fraction of sp³-hybridized carbons (Fsp3) is 0.647. The Labute approximate surface area is 122 Å². The topological polar surface area (TPSA) is 15.3 Å². The first-order valence-electron chi connectivity index (χ1n) is 7.59. The maximum atomic E-state index is 14.3. The molecule has 1 fully saturated rings. The lowest BCUT2D eigenvalue weighted by Gasteiger charge is -2.46. The average Bonchev–Trinajstić information content (AvgIpc) is 2.37. The monoisotopic (exact) mass is 278 g/mol. The Kier molecular flexibility index (Phi) is 4.38. The molecule has 0 aromatic heterocycles. The van der Waals surface area contributed by atoms with Crippen molar-refractivity contribution in [1.82, 2.24) is 5.32 Å². The number of para-hydroxylation sites is 1. The van der Waals surface area contributed by atoms with Crippen LogP contribution in [0, 0.1) is 18.2 Å². The first-order valence-corrected chi connectivity index (χ1v) is 7.59. The summed E-state index contributed by atoms with van der Waals surface area (Å²) < 4.78 is 14.3. The van der Waals surface area contributed by atoms with Crippen LogP contribution in [0.15, 0.2) is 18.2 Å². The minimum atomic E-state index is -0.0991. The van der Waals surface area contributed by atoms with Gasteiger partial charge in [-0.25, -0.2) is 4.39 Å². The van der Waals surface area contributed by atoms with Gasteiger partial charge in [-0.15, -0.1) is 0 Å². The van der Waals surface area contributed by atoms with Gasteiger partial charge in [-0.05, 0) is 30.4 Å². The summed E-state index contributed by atoms with van der Waals surface area (Å²) >= 11 is 0. The van der Waals surface area contributed by atoms with Gasteiger partial charge in [0.25, 0.3) is 0 Å². The molecule has 1 aromatic carbocycles. The van der Waals surface area contributed by atoms with E-state index in [2.05, 4.69) is 37.9 Å². The highest BCUT2D eigenvalue weighted by Gasteiger charge is 2.34. The number of nitrogens with one attached hydrogen (secondary N) is 1. The minimum absolute atomic E-state index is 0.0991. The lowest BCUT2D eigenvalue weighted by Crippen LogP contribution is -2.60. The molecule has 3 heteroatoms. The molecule has 1 aliphatic rings. The summed E-state index contributed by atoms with van der Waals surface area (Å²) in [6.07, 6.45) is 1.03. The van der Waals surface area contributed by atoms with Crippen molar-refractivity contribution in [3.8, 4) is 0 Å². The highest BCUT2D eigenvalue weighted by Crippen LogP contribution is 2.31. The van der Waals surface area contributed by atoms with Crippen LogP contribution in [-0.2, 0) is 0 Å². The molecule has 0 bridgehead atoms. The van der Waals surface area contributed by atoms with Crippen LogP contribution in [0.3, 0.4) is 0 Å². The van der Waals surface area contributed by atoms with Gasteiger partial charge in [-0.1, -0.05) is 39.8 Å². The standard InChI is InChI=1S/C17H27FN2/c1-6-13-10-19-15(17(3,4)5)11-20(13)16-12(2)8-7-9-14(16)18/h7-9,13,15,19H,6,10-11H2,1-5H3. The molecular weight excluding hydrogens is 251 g/mol. The van der Waals surface area contributed by atoms with Crippen LogP contribution in [0.25, 0.3) is 0 Å². The van der Waals surface area contributed by atoms with Gasteiger partial charge in [0.15, 0.2) is 0 Å². The highest BCUT2D eigenvalue weighted by molar-refractivity contribution is 5.55. The van der Waals surface area contributed by atoms with Crippen molar-refractivity contribution >= 4 is 5.69 Å². The first kappa shape index (κ1) is 15.3. The number of nitrogens with zero attached hydrogens (tertiary/aromatic N) is 1. The Morgan fingerprint density at radius 2 is 2.05 bits per heavy atom. The van der Waals surface area contributed by atoms with Crippen molar-refractivity contribution in [3.63, 3.8) is 0 Å². The van der Waals surface area contributed by atoms with E-state index in [1.165, 1.54) is 0 Å². The van der Waals surface area contributed by atoms with Gasteiger partial charge in [-0.3, -0.25) is 0 Å². The zero-order valence-electron chi connectivity index (χ0n) is 13.3. The van der Waals surface area contributed by atoms with E-state index in [-0.39, 0.29) is 11.2 Å². The van der Waals surface area contributed by atoms with Crippen LogP contribution >= 0.6 is 0 Å². The molecule has 20 heavy (non-hydrogen) atoms. The molecule has 1 saturated heterocycles. The molecule has 1 heterocycles. The molecule has 0 amide bonds. The predicted octanol–water partition coefficient (Wildman–Crippen LogP) is 3.74. The third-order valence-electron chi connectivity index (χ3n) is 4.41. The second-order valence-electron chi connectivity index (χ2n) is 6.95. The van der Waals surface area contributed by atoms with Crippen LogP contribution in [0.4, 0.5) is 10.1 Å². The molecule has 0 saturated carbocycles. The summed E-state index contributed by atoms with van der Waals surface area (Å²) in [4.78, 5) is 2.27. The Morgan fingerprint density at radius 3 is 2.60 bits per heavy atom. The first-order chi connectivity index (χ1) is 9.34. The molecule has 1 N–H and O–H groups in total. The third-order valence-corrected chi connectivity index (χ3v) is 4.41. The predicted molar refractivity (Wildman–Crippen MR) is 83.8 cm³/mol. The van der Waals surface area contributed by atoms with E-state index in [0.29, 0.717) is 12.1 Å². The molecule has 2 unspecified atom stereocenters. The molecule has 2 atom stereocenters. The van der Waals surface area contributed by atoms with Gasteiger partial charge in [-0.2, -0.15) is 0 Å². The number of hydrogen-bond acceptors (Lipinski definition) is 2. The number of hydrogen-bond donors (Lipinski definition) is 1. The SMILES string of the molecule is CCC1CNC(C(C)(C)C)CN1c1c(C)cccc1F. The van der Waals surface area contributed by atoms with Crippen LogP contribution in [0.1, 0.15) is 39.7 Å². The lowest BCUT2D eigenvalue weighted by atomic mass is 9.84. The normalized spacial score (nSPS) is 24.0. The highest BCUT2D eigenvalue weighted by atomic mass is 19.1. The van der Waals surface area contributed by atoms with Gasteiger partial charge in [0.1, 0.15) is 5.82 Å². The smallest absolute Gasteiger partial charge is 0.146 e. The molecule has 0 spiro atoms. The molecule has 1 aliphatic heterocycles. The van der Waals surface area contributed by atoms with Crippen molar-refractivity contribution in [2.75, 3.05) is 18.0 Å². The van der Waals surface area contributed by atoms with Crippen LogP contribution in [0.2, 0.25) is 0 Å². The zero-order valence-corrected chi connectivity index (χ0v) is 13.3. The quantitative estimate of drug-likeness (QED) is 0.886. The number of piperazine rings is 1. The number of aryl methyl sites for hydroxylation is 1. The van der Waals surface area contributed by atoms with Gasteiger partial charge >= 0.3 is 0 Å². The third kappa shape index (κ3) is 2.98. The second kappa shape index (κ2) is 5.72. The van der Waals surface area contributed by atoms with Crippen molar-refractivity contribution in [3.05, 3.63) is 29.6 Å². The molecule has 2 nitrogen and oxygen atoms in total. The average molecular weight is 278 g/mol. The largest absolute Gasteiger partial charge is 0.363 e. The number of rotatable bonds is 2. The molecular formula is C17H27FN2. The number of benzene rings is 1. The summed E-state index contributed by atoms with van der Waals surface area (Å²) in [6, 6.07) is 6.11. The molecule has 112 valence electrons. The summed E-state index contributed by atoms with van der Waals surface area (Å²) in [5.74, 6) is -0.0991. The summed E-state index contributed by atoms with van der Waals surface area (Å²) in [5, 5.41) is 3.63.